The minimum absolute atomic E-state index is 0.0995. The molecule has 4 rings (SSSR count). The van der Waals surface area contributed by atoms with Gasteiger partial charge in [0, 0.05) is 30.4 Å². The van der Waals surface area contributed by atoms with E-state index in [0.717, 1.165) is 36.5 Å². The van der Waals surface area contributed by atoms with Crippen molar-refractivity contribution < 1.29 is 8.78 Å². The molecule has 0 saturated carbocycles. The van der Waals surface area contributed by atoms with Crippen molar-refractivity contribution in [3.05, 3.63) is 63.8 Å². The number of benzene rings is 2. The summed E-state index contributed by atoms with van der Waals surface area (Å²) in [5, 5.41) is -0.0995. The molecule has 5 heteroatoms. The second-order valence-electron chi connectivity index (χ2n) is 6.86. The molecular formula is C21H20F2N2O. The van der Waals surface area contributed by atoms with Crippen molar-refractivity contribution in [3.8, 4) is 11.3 Å². The zero-order valence-corrected chi connectivity index (χ0v) is 14.6. The van der Waals surface area contributed by atoms with E-state index in [4.69, 9.17) is 0 Å². The molecule has 1 N–H and O–H groups in total. The molecule has 1 aliphatic heterocycles. The van der Waals surface area contributed by atoms with Gasteiger partial charge in [0.15, 0.2) is 5.43 Å². The third-order valence-electron chi connectivity index (χ3n) is 5.13. The lowest BCUT2D eigenvalue weighted by molar-refractivity contribution is 0.578. The molecular weight excluding hydrogens is 334 g/mol. The first-order valence-electron chi connectivity index (χ1n) is 8.91. The largest absolute Gasteiger partial charge is 0.372 e. The molecule has 2 aromatic carbocycles. The second kappa shape index (κ2) is 6.56. The van der Waals surface area contributed by atoms with Crippen LogP contribution in [0.3, 0.4) is 0 Å². The molecule has 1 fully saturated rings. The second-order valence-corrected chi connectivity index (χ2v) is 6.86. The lowest BCUT2D eigenvalue weighted by Gasteiger charge is -2.28. The molecule has 26 heavy (non-hydrogen) atoms. The van der Waals surface area contributed by atoms with Crippen LogP contribution in [0, 0.1) is 18.6 Å². The maximum Gasteiger partial charge on any atom is 0.195 e. The number of hydrogen-bond donors (Lipinski definition) is 1. The number of anilines is 1. The van der Waals surface area contributed by atoms with E-state index in [0.29, 0.717) is 11.3 Å². The summed E-state index contributed by atoms with van der Waals surface area (Å²) in [4.78, 5) is 18.0. The van der Waals surface area contributed by atoms with Crippen molar-refractivity contribution in [1.82, 2.24) is 4.98 Å². The van der Waals surface area contributed by atoms with Crippen molar-refractivity contribution >= 4 is 16.6 Å². The quantitative estimate of drug-likeness (QED) is 0.719. The number of pyridine rings is 1. The average molecular weight is 354 g/mol. The van der Waals surface area contributed by atoms with Crippen molar-refractivity contribution in [2.75, 3.05) is 18.0 Å². The fraction of sp³-hybridized carbons (Fsp3) is 0.286. The highest BCUT2D eigenvalue weighted by atomic mass is 19.1. The van der Waals surface area contributed by atoms with Crippen LogP contribution in [0.4, 0.5) is 14.5 Å². The SMILES string of the molecule is Cc1c(-c2ccc(N3CCCCC3)cc2)[nH]c2cc(F)cc(F)c2c1=O. The fourth-order valence-electron chi connectivity index (χ4n) is 3.71. The number of nitrogens with one attached hydrogen (secondary N) is 1. The molecule has 1 saturated heterocycles. The zero-order valence-electron chi connectivity index (χ0n) is 14.6. The smallest absolute Gasteiger partial charge is 0.195 e. The van der Waals surface area contributed by atoms with Crippen LogP contribution in [0.25, 0.3) is 22.2 Å². The van der Waals surface area contributed by atoms with Crippen molar-refractivity contribution in [2.24, 2.45) is 0 Å². The van der Waals surface area contributed by atoms with Crippen LogP contribution < -0.4 is 10.3 Å². The summed E-state index contributed by atoms with van der Waals surface area (Å²) in [7, 11) is 0. The van der Waals surface area contributed by atoms with E-state index in [9.17, 15) is 13.6 Å². The van der Waals surface area contributed by atoms with Crippen LogP contribution in [-0.4, -0.2) is 18.1 Å². The molecule has 0 aliphatic carbocycles. The van der Waals surface area contributed by atoms with E-state index >= 15 is 0 Å². The van der Waals surface area contributed by atoms with E-state index in [-0.39, 0.29) is 10.9 Å². The molecule has 0 spiro atoms. The number of H-pyrrole nitrogens is 1. The van der Waals surface area contributed by atoms with Crippen LogP contribution in [0.2, 0.25) is 0 Å². The minimum atomic E-state index is -0.837. The molecule has 3 aromatic rings. The summed E-state index contributed by atoms with van der Waals surface area (Å²) >= 11 is 0. The van der Waals surface area contributed by atoms with Crippen LogP contribution >= 0.6 is 0 Å². The number of fused-ring (bicyclic) bond motifs is 1. The molecule has 0 unspecified atom stereocenters. The first-order chi connectivity index (χ1) is 12.5. The maximum atomic E-state index is 14.0. The first kappa shape index (κ1) is 16.8. The summed E-state index contributed by atoms with van der Waals surface area (Å²) in [5.41, 5.74) is 2.77. The molecule has 0 radical (unpaired) electrons. The van der Waals surface area contributed by atoms with Crippen LogP contribution in [0.5, 0.6) is 0 Å². The Morgan fingerprint density at radius 1 is 1.00 bits per heavy atom. The Morgan fingerprint density at radius 2 is 1.69 bits per heavy atom. The standard InChI is InChI=1S/C21H20F2N2O/c1-13-20(24-18-12-15(22)11-17(23)19(18)21(13)26)14-5-7-16(8-6-14)25-9-3-2-4-10-25/h5-8,11-12H,2-4,9-10H2,1H3,(H,24,26). The number of piperidine rings is 1. The monoisotopic (exact) mass is 354 g/mol. The molecule has 2 heterocycles. The number of aromatic nitrogens is 1. The molecule has 0 bridgehead atoms. The van der Waals surface area contributed by atoms with Gasteiger partial charge in [-0.1, -0.05) is 12.1 Å². The van der Waals surface area contributed by atoms with E-state index in [1.165, 1.54) is 19.3 Å². The Bertz CT molecular complexity index is 1020. The van der Waals surface area contributed by atoms with Gasteiger partial charge in [0.25, 0.3) is 0 Å². The van der Waals surface area contributed by atoms with Crippen molar-refractivity contribution in [3.63, 3.8) is 0 Å². The summed E-state index contributed by atoms with van der Waals surface area (Å²) in [6, 6.07) is 9.87. The normalized spacial score (nSPS) is 14.8. The lowest BCUT2D eigenvalue weighted by atomic mass is 10.0. The highest BCUT2D eigenvalue weighted by molar-refractivity contribution is 5.84. The van der Waals surface area contributed by atoms with Crippen LogP contribution in [0.15, 0.2) is 41.2 Å². The van der Waals surface area contributed by atoms with Gasteiger partial charge in [-0.2, -0.15) is 0 Å². The summed E-state index contributed by atoms with van der Waals surface area (Å²) in [6.07, 6.45) is 3.69. The summed E-state index contributed by atoms with van der Waals surface area (Å²) < 4.78 is 27.6. The van der Waals surface area contributed by atoms with E-state index < -0.39 is 17.1 Å². The van der Waals surface area contributed by atoms with E-state index in [1.807, 2.05) is 24.3 Å². The molecule has 1 aliphatic rings. The Balaban J connectivity index is 1.79. The Labute approximate surface area is 150 Å². The maximum absolute atomic E-state index is 14.0. The summed E-state index contributed by atoms with van der Waals surface area (Å²) in [6.45, 7) is 3.78. The minimum Gasteiger partial charge on any atom is -0.372 e. The molecule has 134 valence electrons. The molecule has 3 nitrogen and oxygen atoms in total. The Kier molecular flexibility index (Phi) is 4.23. The lowest BCUT2D eigenvalue weighted by Crippen LogP contribution is -2.29. The topological polar surface area (TPSA) is 36.1 Å². The number of aromatic amines is 1. The van der Waals surface area contributed by atoms with Gasteiger partial charge < -0.3 is 9.88 Å². The fourth-order valence-corrected chi connectivity index (χ4v) is 3.71. The van der Waals surface area contributed by atoms with Crippen molar-refractivity contribution in [2.45, 2.75) is 26.2 Å². The highest BCUT2D eigenvalue weighted by Crippen LogP contribution is 2.27. The average Bonchev–Trinajstić information content (AvgIpc) is 2.65. The predicted molar refractivity (Wildman–Crippen MR) is 101 cm³/mol. The third-order valence-corrected chi connectivity index (χ3v) is 5.13. The number of rotatable bonds is 2. The van der Waals surface area contributed by atoms with Crippen molar-refractivity contribution in [1.29, 1.82) is 0 Å². The van der Waals surface area contributed by atoms with Gasteiger partial charge in [-0.25, -0.2) is 8.78 Å². The van der Waals surface area contributed by atoms with E-state index in [2.05, 4.69) is 9.88 Å². The van der Waals surface area contributed by atoms with Crippen LogP contribution in [-0.2, 0) is 0 Å². The Morgan fingerprint density at radius 3 is 2.38 bits per heavy atom. The van der Waals surface area contributed by atoms with Gasteiger partial charge in [0.05, 0.1) is 16.6 Å². The zero-order chi connectivity index (χ0) is 18.3. The van der Waals surface area contributed by atoms with Crippen LogP contribution in [0.1, 0.15) is 24.8 Å². The van der Waals surface area contributed by atoms with Gasteiger partial charge in [-0.05, 0) is 49.9 Å². The highest BCUT2D eigenvalue weighted by Gasteiger charge is 2.15. The number of hydrogen-bond acceptors (Lipinski definition) is 2. The van der Waals surface area contributed by atoms with Gasteiger partial charge in [-0.15, -0.1) is 0 Å². The van der Waals surface area contributed by atoms with Gasteiger partial charge >= 0.3 is 0 Å². The first-order valence-corrected chi connectivity index (χ1v) is 8.91. The third kappa shape index (κ3) is 2.87. The van der Waals surface area contributed by atoms with Gasteiger partial charge in [-0.3, -0.25) is 4.79 Å². The number of halogens is 2. The molecule has 1 aromatic heterocycles. The van der Waals surface area contributed by atoms with E-state index in [1.54, 1.807) is 6.92 Å². The molecule has 0 atom stereocenters. The summed E-state index contributed by atoms with van der Waals surface area (Å²) in [5.74, 6) is -1.54. The predicted octanol–water partition coefficient (Wildman–Crippen LogP) is 4.77. The Hall–Kier alpha value is -2.69. The van der Waals surface area contributed by atoms with Gasteiger partial charge in [0.1, 0.15) is 11.6 Å². The number of nitrogens with zero attached hydrogens (tertiary/aromatic N) is 1. The molecule has 0 amide bonds. The van der Waals surface area contributed by atoms with Gasteiger partial charge in [0.2, 0.25) is 0 Å².